The Labute approximate surface area is 205 Å². The number of hydrogen-bond donors (Lipinski definition) is 2. The third-order valence-electron chi connectivity index (χ3n) is 7.71. The quantitative estimate of drug-likeness (QED) is 0.582. The van der Waals surface area contributed by atoms with Crippen molar-refractivity contribution in [1.82, 2.24) is 29.7 Å². The van der Waals surface area contributed by atoms with E-state index in [1.54, 1.807) is 25.2 Å². The van der Waals surface area contributed by atoms with Gasteiger partial charge in [0.15, 0.2) is 0 Å². The molecule has 2 unspecified atom stereocenters. The summed E-state index contributed by atoms with van der Waals surface area (Å²) in [6.07, 6.45) is 12.0. The molecule has 9 heteroatoms. The third-order valence-corrected chi connectivity index (χ3v) is 7.71. The summed E-state index contributed by atoms with van der Waals surface area (Å²) < 4.78 is 2.15. The highest BCUT2D eigenvalue weighted by Gasteiger charge is 2.32. The molecule has 184 valence electrons. The van der Waals surface area contributed by atoms with E-state index in [-0.39, 0.29) is 11.9 Å². The zero-order chi connectivity index (χ0) is 23.9. The van der Waals surface area contributed by atoms with Gasteiger partial charge in [0.2, 0.25) is 5.95 Å². The molecule has 1 saturated carbocycles. The Hall–Kier alpha value is -3.20. The Kier molecular flexibility index (Phi) is 5.80. The molecular weight excluding hydrogens is 440 g/mol. The van der Waals surface area contributed by atoms with Crippen molar-refractivity contribution < 1.29 is 4.79 Å². The van der Waals surface area contributed by atoms with Gasteiger partial charge < -0.3 is 25.0 Å². The zero-order valence-electron chi connectivity index (χ0n) is 20.6. The molecule has 2 aliphatic heterocycles. The largest absolute Gasteiger partial charge is 0.367 e. The lowest BCUT2D eigenvalue weighted by molar-refractivity contribution is 0.0813. The van der Waals surface area contributed by atoms with Gasteiger partial charge in [0.1, 0.15) is 17.2 Å². The van der Waals surface area contributed by atoms with E-state index in [0.717, 1.165) is 42.7 Å². The standard InChI is InChI=1S/C26H34N8O/c1-32(2)25(35)22-12-17-13-28-26(31-24(17)34(22)20-6-4-3-5-7-20)30-23-11-10-21(14-27-23)33-15-18-8-9-19(16-33)29-18/h10-14,18-20,29H,3-9,15-16H2,1-2H3,(H,27,28,30,31). The van der Waals surface area contributed by atoms with Crippen LogP contribution < -0.4 is 15.5 Å². The lowest BCUT2D eigenvalue weighted by atomic mass is 9.95. The highest BCUT2D eigenvalue weighted by atomic mass is 16.2. The number of hydrogen-bond acceptors (Lipinski definition) is 7. The van der Waals surface area contributed by atoms with Crippen LogP contribution in [0.2, 0.25) is 0 Å². The van der Waals surface area contributed by atoms with Crippen LogP contribution in [-0.4, -0.2) is 69.6 Å². The maximum absolute atomic E-state index is 13.0. The first-order valence-electron chi connectivity index (χ1n) is 12.9. The predicted molar refractivity (Wildman–Crippen MR) is 137 cm³/mol. The summed E-state index contributed by atoms with van der Waals surface area (Å²) in [6, 6.07) is 7.52. The van der Waals surface area contributed by atoms with Gasteiger partial charge in [-0.25, -0.2) is 9.97 Å². The van der Waals surface area contributed by atoms with Crippen LogP contribution in [0.1, 0.15) is 61.5 Å². The number of pyridine rings is 1. The van der Waals surface area contributed by atoms with E-state index in [0.29, 0.717) is 29.5 Å². The third kappa shape index (κ3) is 4.33. The lowest BCUT2D eigenvalue weighted by Crippen LogP contribution is -2.51. The summed E-state index contributed by atoms with van der Waals surface area (Å²) in [7, 11) is 3.59. The summed E-state index contributed by atoms with van der Waals surface area (Å²) in [5, 5.41) is 7.84. The smallest absolute Gasteiger partial charge is 0.270 e. The molecule has 1 amide bonds. The van der Waals surface area contributed by atoms with Crippen molar-refractivity contribution in [2.75, 3.05) is 37.4 Å². The van der Waals surface area contributed by atoms with Gasteiger partial charge in [-0.1, -0.05) is 19.3 Å². The molecule has 3 aromatic heterocycles. The summed E-state index contributed by atoms with van der Waals surface area (Å²) in [4.78, 5) is 31.1. The molecule has 2 bridgehead atoms. The molecule has 9 nitrogen and oxygen atoms in total. The molecule has 3 aliphatic rings. The maximum Gasteiger partial charge on any atom is 0.270 e. The van der Waals surface area contributed by atoms with Gasteiger partial charge in [0.25, 0.3) is 5.91 Å². The van der Waals surface area contributed by atoms with Crippen molar-refractivity contribution in [1.29, 1.82) is 0 Å². The number of nitrogens with one attached hydrogen (secondary N) is 2. The summed E-state index contributed by atoms with van der Waals surface area (Å²) in [6.45, 7) is 2.08. The number of nitrogens with zero attached hydrogens (tertiary/aromatic N) is 6. The van der Waals surface area contributed by atoms with Crippen molar-refractivity contribution in [3.8, 4) is 0 Å². The second-order valence-corrected chi connectivity index (χ2v) is 10.4. The normalized spacial score (nSPS) is 22.5. The van der Waals surface area contributed by atoms with E-state index in [1.807, 2.05) is 18.3 Å². The van der Waals surface area contributed by atoms with Crippen molar-refractivity contribution in [3.63, 3.8) is 0 Å². The minimum atomic E-state index is 0.00156. The minimum absolute atomic E-state index is 0.00156. The van der Waals surface area contributed by atoms with Crippen LogP contribution in [0.15, 0.2) is 30.6 Å². The van der Waals surface area contributed by atoms with Crippen molar-refractivity contribution in [3.05, 3.63) is 36.3 Å². The molecule has 2 atom stereocenters. The van der Waals surface area contributed by atoms with E-state index in [4.69, 9.17) is 4.98 Å². The SMILES string of the molecule is CN(C)C(=O)c1cc2cnc(Nc3ccc(N4CC5CCC(C4)N5)cn3)nc2n1C1CCCCC1. The molecule has 3 fully saturated rings. The lowest BCUT2D eigenvalue weighted by Gasteiger charge is -2.34. The Morgan fingerprint density at radius 3 is 2.49 bits per heavy atom. The molecule has 0 aromatic carbocycles. The van der Waals surface area contributed by atoms with Crippen molar-refractivity contribution in [2.45, 2.75) is 63.1 Å². The highest BCUT2D eigenvalue weighted by Crippen LogP contribution is 2.34. The second-order valence-electron chi connectivity index (χ2n) is 10.4. The number of rotatable bonds is 5. The topological polar surface area (TPSA) is 91.2 Å². The van der Waals surface area contributed by atoms with Crippen LogP contribution in [0.5, 0.6) is 0 Å². The van der Waals surface area contributed by atoms with Gasteiger partial charge in [-0.15, -0.1) is 0 Å². The molecule has 6 rings (SSSR count). The molecular formula is C26H34N8O. The molecule has 0 spiro atoms. The highest BCUT2D eigenvalue weighted by molar-refractivity contribution is 5.97. The van der Waals surface area contributed by atoms with Gasteiger partial charge in [-0.3, -0.25) is 4.79 Å². The molecule has 35 heavy (non-hydrogen) atoms. The van der Waals surface area contributed by atoms with E-state index < -0.39 is 0 Å². The van der Waals surface area contributed by atoms with E-state index in [2.05, 4.69) is 36.1 Å². The van der Waals surface area contributed by atoms with Gasteiger partial charge in [-0.2, -0.15) is 4.98 Å². The van der Waals surface area contributed by atoms with Crippen molar-refractivity contribution >= 4 is 34.4 Å². The first-order chi connectivity index (χ1) is 17.0. The number of anilines is 3. The second kappa shape index (κ2) is 9.11. The fourth-order valence-electron chi connectivity index (χ4n) is 5.94. The molecule has 2 saturated heterocycles. The van der Waals surface area contributed by atoms with E-state index >= 15 is 0 Å². The molecule has 5 heterocycles. The summed E-state index contributed by atoms with van der Waals surface area (Å²) >= 11 is 0. The summed E-state index contributed by atoms with van der Waals surface area (Å²) in [5.74, 6) is 1.21. The Morgan fingerprint density at radius 2 is 1.80 bits per heavy atom. The van der Waals surface area contributed by atoms with Gasteiger partial charge in [-0.05, 0) is 43.9 Å². The number of carbonyl (C=O) groups excluding carboxylic acids is 1. The average molecular weight is 475 g/mol. The maximum atomic E-state index is 13.0. The molecule has 3 aromatic rings. The van der Waals surface area contributed by atoms with Crippen LogP contribution in [-0.2, 0) is 0 Å². The molecule has 2 N–H and O–H groups in total. The number of aromatic nitrogens is 4. The number of fused-ring (bicyclic) bond motifs is 3. The number of piperazine rings is 1. The van der Waals surface area contributed by atoms with Crippen LogP contribution in [0.25, 0.3) is 11.0 Å². The van der Waals surface area contributed by atoms with E-state index in [9.17, 15) is 4.79 Å². The Bertz CT molecular complexity index is 1200. The van der Waals surface area contributed by atoms with Crippen LogP contribution >= 0.6 is 0 Å². The zero-order valence-corrected chi connectivity index (χ0v) is 20.6. The van der Waals surface area contributed by atoms with Gasteiger partial charge in [0.05, 0.1) is 11.9 Å². The summed E-state index contributed by atoms with van der Waals surface area (Å²) in [5.41, 5.74) is 2.66. The predicted octanol–water partition coefficient (Wildman–Crippen LogP) is 3.72. The molecule has 1 aliphatic carbocycles. The van der Waals surface area contributed by atoms with Crippen LogP contribution in [0, 0.1) is 0 Å². The first-order valence-corrected chi connectivity index (χ1v) is 12.9. The average Bonchev–Trinajstić information content (AvgIpc) is 3.43. The van der Waals surface area contributed by atoms with Gasteiger partial charge >= 0.3 is 0 Å². The Morgan fingerprint density at radius 1 is 1.03 bits per heavy atom. The monoisotopic (exact) mass is 474 g/mol. The number of amides is 1. The fourth-order valence-corrected chi connectivity index (χ4v) is 5.94. The first kappa shape index (κ1) is 22.3. The molecule has 0 radical (unpaired) electrons. The minimum Gasteiger partial charge on any atom is -0.367 e. The van der Waals surface area contributed by atoms with Crippen molar-refractivity contribution in [2.24, 2.45) is 0 Å². The van der Waals surface area contributed by atoms with Gasteiger partial charge in [0, 0.05) is 56.9 Å². The Balaban J connectivity index is 1.26. The number of carbonyl (C=O) groups is 1. The van der Waals surface area contributed by atoms with E-state index in [1.165, 1.54) is 32.1 Å². The van der Waals surface area contributed by atoms with Crippen LogP contribution in [0.3, 0.4) is 0 Å². The fraction of sp³-hybridized carbons (Fsp3) is 0.538. The van der Waals surface area contributed by atoms with Crippen LogP contribution in [0.4, 0.5) is 17.5 Å².